The number of phenols is 1. The van der Waals surface area contributed by atoms with E-state index in [0.29, 0.717) is 5.56 Å². The molecule has 4 unspecified atom stereocenters. The predicted molar refractivity (Wildman–Crippen MR) is 116 cm³/mol. The summed E-state index contributed by atoms with van der Waals surface area (Å²) in [4.78, 5) is 59.2. The number of phenolic OH excluding ortho intramolecular Hbond substituents is 1. The zero-order valence-corrected chi connectivity index (χ0v) is 18.2. The van der Waals surface area contributed by atoms with Gasteiger partial charge >= 0.3 is 11.9 Å². The smallest absolute Gasteiger partial charge is 0.327 e. The molecule has 1 rings (SSSR count). The first-order valence-electron chi connectivity index (χ1n) is 9.59. The molecule has 0 aromatic heterocycles. The number of aliphatic carboxylic acids is 2. The highest BCUT2D eigenvalue weighted by atomic mass is 32.1. The summed E-state index contributed by atoms with van der Waals surface area (Å²) >= 11 is 3.78. The molecule has 0 bridgehead atoms. The Morgan fingerprint density at radius 3 is 1.88 bits per heavy atom. The summed E-state index contributed by atoms with van der Waals surface area (Å²) in [7, 11) is 0. The molecular weight excluding hydrogens is 460 g/mol. The van der Waals surface area contributed by atoms with Gasteiger partial charge in [-0.15, -0.1) is 0 Å². The average molecular weight is 487 g/mol. The van der Waals surface area contributed by atoms with Gasteiger partial charge in [-0.1, -0.05) is 12.1 Å². The van der Waals surface area contributed by atoms with Gasteiger partial charge in [0.05, 0.1) is 19.1 Å². The Morgan fingerprint density at radius 1 is 0.879 bits per heavy atom. The van der Waals surface area contributed by atoms with Crippen molar-refractivity contribution in [3.8, 4) is 5.75 Å². The topological polar surface area (TPSA) is 228 Å². The van der Waals surface area contributed by atoms with Crippen molar-refractivity contribution in [1.82, 2.24) is 16.0 Å². The molecule has 0 fully saturated rings. The fraction of sp³-hybridized carbons (Fsp3) is 0.421. The Hall–Kier alpha value is -3.36. The fourth-order valence-electron chi connectivity index (χ4n) is 2.57. The van der Waals surface area contributed by atoms with Crippen LogP contribution in [0.25, 0.3) is 0 Å². The molecule has 9 N–H and O–H groups in total. The Morgan fingerprint density at radius 2 is 1.39 bits per heavy atom. The van der Waals surface area contributed by atoms with Gasteiger partial charge in [0.2, 0.25) is 17.7 Å². The van der Waals surface area contributed by atoms with Gasteiger partial charge in [0.25, 0.3) is 0 Å². The van der Waals surface area contributed by atoms with Crippen LogP contribution in [0, 0.1) is 0 Å². The van der Waals surface area contributed by atoms with E-state index < -0.39 is 66.9 Å². The molecule has 0 aliphatic heterocycles. The zero-order chi connectivity index (χ0) is 25.1. The lowest BCUT2D eigenvalue weighted by molar-refractivity contribution is -0.143. The lowest BCUT2D eigenvalue weighted by Gasteiger charge is -2.23. The van der Waals surface area contributed by atoms with Crippen LogP contribution in [0.3, 0.4) is 0 Å². The molecule has 1 aromatic rings. The van der Waals surface area contributed by atoms with Gasteiger partial charge in [-0.3, -0.25) is 19.2 Å². The number of carboxylic acids is 2. The van der Waals surface area contributed by atoms with Crippen molar-refractivity contribution in [1.29, 1.82) is 0 Å². The summed E-state index contributed by atoms with van der Waals surface area (Å²) in [5.41, 5.74) is 6.42. The van der Waals surface area contributed by atoms with Crippen molar-refractivity contribution >= 4 is 42.3 Å². The van der Waals surface area contributed by atoms with Crippen LogP contribution in [0.1, 0.15) is 12.0 Å². The number of carboxylic acid groups (broad SMARTS) is 2. The first kappa shape index (κ1) is 27.7. The lowest BCUT2D eigenvalue weighted by Crippen LogP contribution is -2.58. The number of carbonyl (C=O) groups is 5. The number of amides is 3. The zero-order valence-electron chi connectivity index (χ0n) is 17.3. The van der Waals surface area contributed by atoms with Crippen molar-refractivity contribution in [3.05, 3.63) is 29.8 Å². The third-order valence-corrected chi connectivity index (χ3v) is 4.72. The summed E-state index contributed by atoms with van der Waals surface area (Å²) in [6.07, 6.45) is -0.826. The normalized spacial score (nSPS) is 14.3. The lowest BCUT2D eigenvalue weighted by atomic mass is 10.0. The maximum atomic E-state index is 12.5. The fourth-order valence-corrected chi connectivity index (χ4v) is 2.81. The van der Waals surface area contributed by atoms with E-state index in [1.165, 1.54) is 24.3 Å². The van der Waals surface area contributed by atoms with Crippen LogP contribution < -0.4 is 21.7 Å². The van der Waals surface area contributed by atoms with E-state index in [-0.39, 0.29) is 17.9 Å². The summed E-state index contributed by atoms with van der Waals surface area (Å²) in [6.45, 7) is -0.926. The molecule has 33 heavy (non-hydrogen) atoms. The minimum absolute atomic E-state index is 0.0153. The van der Waals surface area contributed by atoms with E-state index >= 15 is 0 Å². The van der Waals surface area contributed by atoms with Gasteiger partial charge in [-0.2, -0.15) is 12.6 Å². The van der Waals surface area contributed by atoms with Crippen molar-refractivity contribution < 1.29 is 44.4 Å². The number of nitrogens with two attached hydrogens (primary N) is 1. The Kier molecular flexibility index (Phi) is 11.1. The number of benzene rings is 1. The third-order valence-electron chi connectivity index (χ3n) is 4.35. The van der Waals surface area contributed by atoms with Gasteiger partial charge in [-0.25, -0.2) is 4.79 Å². The van der Waals surface area contributed by atoms with E-state index in [1.54, 1.807) is 0 Å². The van der Waals surface area contributed by atoms with Crippen LogP contribution in [-0.4, -0.2) is 86.6 Å². The predicted octanol–water partition coefficient (Wildman–Crippen LogP) is -2.80. The molecule has 3 amide bonds. The third kappa shape index (κ3) is 9.34. The maximum Gasteiger partial charge on any atom is 0.327 e. The minimum Gasteiger partial charge on any atom is -0.508 e. The highest BCUT2D eigenvalue weighted by Crippen LogP contribution is 2.11. The second kappa shape index (κ2) is 13.2. The van der Waals surface area contributed by atoms with Crippen molar-refractivity contribution in [2.75, 3.05) is 12.4 Å². The SMILES string of the molecule is NC(Cc1ccc(O)cc1)C(=O)NC(CC(=O)O)C(=O)NC(CO)C(=O)NC(CS)C(=O)O. The monoisotopic (exact) mass is 486 g/mol. The van der Waals surface area contributed by atoms with Gasteiger partial charge in [0.1, 0.15) is 23.9 Å². The number of rotatable bonds is 13. The van der Waals surface area contributed by atoms with Gasteiger partial charge < -0.3 is 42.1 Å². The average Bonchev–Trinajstić information content (AvgIpc) is 2.75. The van der Waals surface area contributed by atoms with Crippen LogP contribution in [0.4, 0.5) is 0 Å². The highest BCUT2D eigenvalue weighted by Gasteiger charge is 2.31. The Balaban J connectivity index is 2.84. The van der Waals surface area contributed by atoms with Crippen molar-refractivity contribution in [2.24, 2.45) is 5.73 Å². The van der Waals surface area contributed by atoms with E-state index in [4.69, 9.17) is 15.9 Å². The summed E-state index contributed by atoms with van der Waals surface area (Å²) < 4.78 is 0. The van der Waals surface area contributed by atoms with Crippen LogP contribution in [0.5, 0.6) is 5.75 Å². The minimum atomic E-state index is -1.64. The van der Waals surface area contributed by atoms with Crippen LogP contribution in [0.2, 0.25) is 0 Å². The summed E-state index contributed by atoms with van der Waals surface area (Å²) in [5, 5.41) is 43.1. The molecule has 0 spiro atoms. The van der Waals surface area contributed by atoms with Gasteiger partial charge in [0.15, 0.2) is 0 Å². The first-order valence-corrected chi connectivity index (χ1v) is 10.2. The number of aromatic hydroxyl groups is 1. The molecule has 1 aromatic carbocycles. The number of thiol groups is 1. The van der Waals surface area contributed by atoms with E-state index in [1.807, 2.05) is 0 Å². The summed E-state index contributed by atoms with van der Waals surface area (Å²) in [5.74, 6) is -6.07. The highest BCUT2D eigenvalue weighted by molar-refractivity contribution is 7.80. The molecule has 182 valence electrons. The largest absolute Gasteiger partial charge is 0.508 e. The quantitative estimate of drug-likeness (QED) is 0.130. The number of hydrogen-bond donors (Lipinski definition) is 9. The van der Waals surface area contributed by atoms with E-state index in [9.17, 15) is 34.2 Å². The molecule has 0 aliphatic carbocycles. The molecule has 0 heterocycles. The molecular formula is C19H26N4O9S. The maximum absolute atomic E-state index is 12.5. The number of hydrogen-bond acceptors (Lipinski definition) is 9. The number of nitrogens with one attached hydrogen (secondary N) is 3. The molecule has 0 radical (unpaired) electrons. The first-order chi connectivity index (χ1) is 15.5. The Bertz CT molecular complexity index is 865. The van der Waals surface area contributed by atoms with Crippen molar-refractivity contribution in [2.45, 2.75) is 37.0 Å². The molecule has 14 heteroatoms. The van der Waals surface area contributed by atoms with Crippen LogP contribution in [-0.2, 0) is 30.4 Å². The van der Waals surface area contributed by atoms with Gasteiger partial charge in [0, 0.05) is 5.75 Å². The second-order valence-corrected chi connectivity index (χ2v) is 7.33. The molecule has 0 saturated carbocycles. The van der Waals surface area contributed by atoms with Crippen LogP contribution >= 0.6 is 12.6 Å². The molecule has 0 aliphatic rings. The molecule has 0 saturated heterocycles. The Labute approximate surface area is 193 Å². The standard InChI is InChI=1S/C19H26N4O9S/c20-11(5-9-1-3-10(25)4-2-9)16(28)21-12(6-15(26)27)17(29)22-13(7-24)18(30)23-14(8-33)19(31)32/h1-4,11-14,24-25,33H,5-8,20H2,(H,21,28)(H,22,29)(H,23,30)(H,26,27)(H,31,32). The summed E-state index contributed by atoms with van der Waals surface area (Å²) in [6, 6.07) is 0.0438. The second-order valence-electron chi connectivity index (χ2n) is 6.96. The number of aliphatic hydroxyl groups is 1. The molecule has 4 atom stereocenters. The number of aliphatic hydroxyl groups excluding tert-OH is 1. The van der Waals surface area contributed by atoms with E-state index in [2.05, 4.69) is 28.6 Å². The number of carbonyl (C=O) groups excluding carboxylic acids is 3. The van der Waals surface area contributed by atoms with E-state index in [0.717, 1.165) is 0 Å². The van der Waals surface area contributed by atoms with Crippen molar-refractivity contribution in [3.63, 3.8) is 0 Å². The molecule has 13 nitrogen and oxygen atoms in total. The van der Waals surface area contributed by atoms with Gasteiger partial charge in [-0.05, 0) is 24.1 Å². The van der Waals surface area contributed by atoms with Crippen LogP contribution in [0.15, 0.2) is 24.3 Å².